The van der Waals surface area contributed by atoms with Crippen LogP contribution in [0.25, 0.3) is 0 Å². The van der Waals surface area contributed by atoms with Gasteiger partial charge in [-0.25, -0.2) is 0 Å². The number of para-hydroxylation sites is 1. The second kappa shape index (κ2) is 7.67. The maximum absolute atomic E-state index is 12.1. The van der Waals surface area contributed by atoms with Gasteiger partial charge < -0.3 is 14.7 Å². The molecule has 0 radical (unpaired) electrons. The van der Waals surface area contributed by atoms with Gasteiger partial charge in [-0.3, -0.25) is 9.59 Å². The zero-order chi connectivity index (χ0) is 15.9. The van der Waals surface area contributed by atoms with E-state index in [0.29, 0.717) is 13.0 Å². The van der Waals surface area contributed by atoms with Crippen LogP contribution in [0.1, 0.15) is 33.6 Å². The number of hydrogen-bond donors (Lipinski definition) is 1. The second-order valence-corrected chi connectivity index (χ2v) is 5.81. The number of rotatable bonds is 7. The van der Waals surface area contributed by atoms with Crippen molar-refractivity contribution in [2.45, 2.75) is 39.2 Å². The number of aliphatic carboxylic acids is 1. The van der Waals surface area contributed by atoms with Crippen molar-refractivity contribution >= 4 is 11.9 Å². The first-order valence-electron chi connectivity index (χ1n) is 7.01. The number of carboxylic acid groups (broad SMARTS) is 1. The molecule has 0 unspecified atom stereocenters. The van der Waals surface area contributed by atoms with E-state index in [1.165, 1.54) is 4.90 Å². The van der Waals surface area contributed by atoms with Gasteiger partial charge in [-0.05, 0) is 39.3 Å². The molecule has 0 bridgehead atoms. The number of ether oxygens (including phenoxy) is 1. The summed E-state index contributed by atoms with van der Waals surface area (Å²) in [5.41, 5.74) is -0.504. The van der Waals surface area contributed by atoms with Crippen molar-refractivity contribution in [3.8, 4) is 5.75 Å². The first kappa shape index (κ1) is 17.0. The Hall–Kier alpha value is -2.04. The largest absolute Gasteiger partial charge is 0.494 e. The fraction of sp³-hybridized carbons (Fsp3) is 0.500. The average molecular weight is 293 g/mol. The minimum atomic E-state index is -1.00. The second-order valence-electron chi connectivity index (χ2n) is 5.81. The zero-order valence-electron chi connectivity index (χ0n) is 12.8. The Bertz CT molecular complexity index is 465. The maximum atomic E-state index is 12.1. The number of carbonyl (C=O) groups is 2. The molecule has 0 heterocycles. The van der Waals surface area contributed by atoms with Crippen LogP contribution in [0.2, 0.25) is 0 Å². The summed E-state index contributed by atoms with van der Waals surface area (Å²) in [4.78, 5) is 24.4. The van der Waals surface area contributed by atoms with E-state index in [4.69, 9.17) is 9.84 Å². The van der Waals surface area contributed by atoms with Crippen molar-refractivity contribution in [1.29, 1.82) is 0 Å². The van der Waals surface area contributed by atoms with Crippen LogP contribution in [-0.2, 0) is 9.59 Å². The Balaban J connectivity index is 2.42. The minimum Gasteiger partial charge on any atom is -0.494 e. The maximum Gasteiger partial charge on any atom is 0.323 e. The van der Waals surface area contributed by atoms with Gasteiger partial charge in [0, 0.05) is 12.0 Å². The Morgan fingerprint density at radius 1 is 1.19 bits per heavy atom. The van der Waals surface area contributed by atoms with Crippen molar-refractivity contribution < 1.29 is 19.4 Å². The van der Waals surface area contributed by atoms with Gasteiger partial charge in [-0.1, -0.05) is 18.2 Å². The normalized spacial score (nSPS) is 11.0. The van der Waals surface area contributed by atoms with E-state index in [0.717, 1.165) is 5.75 Å². The molecule has 1 aromatic carbocycles. The third-order valence-corrected chi connectivity index (χ3v) is 2.95. The summed E-state index contributed by atoms with van der Waals surface area (Å²) in [7, 11) is 0. The molecule has 0 atom stereocenters. The van der Waals surface area contributed by atoms with Gasteiger partial charge in [0.1, 0.15) is 12.3 Å². The summed E-state index contributed by atoms with van der Waals surface area (Å²) in [6.07, 6.45) is 0.831. The summed E-state index contributed by atoms with van der Waals surface area (Å²) < 4.78 is 5.52. The monoisotopic (exact) mass is 293 g/mol. The lowest BCUT2D eigenvalue weighted by atomic mass is 10.0. The number of benzene rings is 1. The van der Waals surface area contributed by atoms with Gasteiger partial charge in [-0.2, -0.15) is 0 Å². The van der Waals surface area contributed by atoms with Crippen LogP contribution in [0.5, 0.6) is 5.75 Å². The molecule has 1 amide bonds. The number of hydrogen-bond acceptors (Lipinski definition) is 3. The molecule has 1 aromatic rings. The molecule has 5 nitrogen and oxygen atoms in total. The van der Waals surface area contributed by atoms with E-state index in [-0.39, 0.29) is 18.9 Å². The van der Waals surface area contributed by atoms with Gasteiger partial charge in [-0.15, -0.1) is 0 Å². The highest BCUT2D eigenvalue weighted by atomic mass is 16.5. The van der Waals surface area contributed by atoms with Crippen molar-refractivity contribution in [3.63, 3.8) is 0 Å². The molecule has 0 spiro atoms. The van der Waals surface area contributed by atoms with Crippen LogP contribution in [0.3, 0.4) is 0 Å². The lowest BCUT2D eigenvalue weighted by Gasteiger charge is -2.34. The molecule has 1 rings (SSSR count). The number of amides is 1. The molecular formula is C16H23NO4. The first-order valence-corrected chi connectivity index (χ1v) is 7.01. The lowest BCUT2D eigenvalue weighted by molar-refractivity contribution is -0.148. The summed E-state index contributed by atoms with van der Waals surface area (Å²) in [6, 6.07) is 9.38. The van der Waals surface area contributed by atoms with Gasteiger partial charge in [0.25, 0.3) is 0 Å². The number of nitrogens with zero attached hydrogens (tertiary/aromatic N) is 1. The van der Waals surface area contributed by atoms with Crippen molar-refractivity contribution in [2.24, 2.45) is 0 Å². The zero-order valence-corrected chi connectivity index (χ0v) is 12.8. The van der Waals surface area contributed by atoms with Crippen LogP contribution in [0, 0.1) is 0 Å². The van der Waals surface area contributed by atoms with Gasteiger partial charge in [0.05, 0.1) is 6.61 Å². The Morgan fingerprint density at radius 2 is 1.81 bits per heavy atom. The van der Waals surface area contributed by atoms with Crippen LogP contribution in [-0.4, -0.2) is 40.6 Å². The van der Waals surface area contributed by atoms with E-state index < -0.39 is 11.5 Å². The average Bonchev–Trinajstić information content (AvgIpc) is 2.40. The Labute approximate surface area is 125 Å². The fourth-order valence-electron chi connectivity index (χ4n) is 1.90. The molecule has 0 saturated heterocycles. The van der Waals surface area contributed by atoms with E-state index in [9.17, 15) is 9.59 Å². The predicted octanol–water partition coefficient (Wildman–Crippen LogP) is 2.56. The molecule has 5 heteroatoms. The van der Waals surface area contributed by atoms with E-state index in [2.05, 4.69) is 0 Å². The molecule has 0 aliphatic rings. The topological polar surface area (TPSA) is 66.8 Å². The molecule has 116 valence electrons. The summed E-state index contributed by atoms with van der Waals surface area (Å²) in [5.74, 6) is -0.400. The van der Waals surface area contributed by atoms with Crippen molar-refractivity contribution in [2.75, 3.05) is 13.2 Å². The molecule has 0 fully saturated rings. The van der Waals surface area contributed by atoms with Crippen molar-refractivity contribution in [3.05, 3.63) is 30.3 Å². The molecule has 0 aromatic heterocycles. The van der Waals surface area contributed by atoms with Crippen molar-refractivity contribution in [1.82, 2.24) is 4.90 Å². The molecule has 0 aliphatic heterocycles. The standard InChI is InChI=1S/C16H23NO4/c1-16(2,3)17(12-15(19)20)14(18)10-7-11-21-13-8-5-4-6-9-13/h4-6,8-9H,7,10-12H2,1-3H3,(H,19,20). The molecule has 1 N–H and O–H groups in total. The quantitative estimate of drug-likeness (QED) is 0.785. The van der Waals surface area contributed by atoms with E-state index in [1.807, 2.05) is 51.1 Å². The minimum absolute atomic E-state index is 0.165. The molecule has 0 aliphatic carbocycles. The van der Waals surface area contributed by atoms with Crippen LogP contribution in [0.4, 0.5) is 0 Å². The van der Waals surface area contributed by atoms with Crippen LogP contribution < -0.4 is 4.74 Å². The number of carbonyl (C=O) groups excluding carboxylic acids is 1. The molecular weight excluding hydrogens is 270 g/mol. The smallest absolute Gasteiger partial charge is 0.323 e. The Morgan fingerprint density at radius 3 is 2.33 bits per heavy atom. The third-order valence-electron chi connectivity index (χ3n) is 2.95. The summed E-state index contributed by atoms with van der Waals surface area (Å²) in [6.45, 7) is 5.64. The summed E-state index contributed by atoms with van der Waals surface area (Å²) in [5, 5.41) is 8.90. The van der Waals surface area contributed by atoms with Crippen LogP contribution >= 0.6 is 0 Å². The first-order chi connectivity index (χ1) is 9.80. The van der Waals surface area contributed by atoms with Gasteiger partial charge in [0.15, 0.2) is 0 Å². The fourth-order valence-corrected chi connectivity index (χ4v) is 1.90. The highest BCUT2D eigenvalue weighted by Crippen LogP contribution is 2.15. The van der Waals surface area contributed by atoms with E-state index >= 15 is 0 Å². The highest BCUT2D eigenvalue weighted by Gasteiger charge is 2.27. The lowest BCUT2D eigenvalue weighted by Crippen LogP contribution is -2.48. The Kier molecular flexibility index (Phi) is 6.21. The van der Waals surface area contributed by atoms with Gasteiger partial charge >= 0.3 is 5.97 Å². The van der Waals surface area contributed by atoms with E-state index in [1.54, 1.807) is 0 Å². The molecule has 0 saturated carbocycles. The highest BCUT2D eigenvalue weighted by molar-refractivity contribution is 5.82. The van der Waals surface area contributed by atoms with Gasteiger partial charge in [0.2, 0.25) is 5.91 Å². The predicted molar refractivity (Wildman–Crippen MR) is 80.3 cm³/mol. The summed E-state index contributed by atoms with van der Waals surface area (Å²) >= 11 is 0. The third kappa shape index (κ3) is 6.29. The molecule has 21 heavy (non-hydrogen) atoms. The van der Waals surface area contributed by atoms with Crippen LogP contribution in [0.15, 0.2) is 30.3 Å². The number of carboxylic acids is 1. The SMILES string of the molecule is CC(C)(C)N(CC(=O)O)C(=O)CCCOc1ccccc1.